The van der Waals surface area contributed by atoms with Crippen LogP contribution >= 0.6 is 0 Å². The summed E-state index contributed by atoms with van der Waals surface area (Å²) in [6.07, 6.45) is 0. The van der Waals surface area contributed by atoms with Crippen LogP contribution in [-0.2, 0) is 4.79 Å². The molecule has 1 heterocycles. The monoisotopic (exact) mass is 377 g/mol. The number of carbonyl (C=O) groups is 1. The molecule has 1 aromatic heterocycles. The highest BCUT2D eigenvalue weighted by Crippen LogP contribution is 2.21. The van der Waals surface area contributed by atoms with Gasteiger partial charge in [0.2, 0.25) is 0 Å². The average Bonchev–Trinajstić information content (AvgIpc) is 2.60. The highest BCUT2D eigenvalue weighted by Gasteiger charge is 2.06. The molecule has 0 spiro atoms. The molecule has 0 aliphatic carbocycles. The van der Waals surface area contributed by atoms with E-state index in [-0.39, 0.29) is 12.5 Å². The number of hydrogen-bond donors (Lipinski definition) is 1. The van der Waals surface area contributed by atoms with Gasteiger partial charge in [-0.1, -0.05) is 6.07 Å². The van der Waals surface area contributed by atoms with E-state index in [1.807, 2.05) is 45.9 Å². The van der Waals surface area contributed by atoms with Gasteiger partial charge in [0, 0.05) is 17.1 Å². The van der Waals surface area contributed by atoms with Crippen molar-refractivity contribution in [1.82, 2.24) is 9.97 Å². The summed E-state index contributed by atoms with van der Waals surface area (Å²) >= 11 is 0. The van der Waals surface area contributed by atoms with Crippen LogP contribution in [0.25, 0.3) is 0 Å². The third-order valence-corrected chi connectivity index (χ3v) is 3.87. The molecule has 3 rings (SSSR count). The van der Waals surface area contributed by atoms with E-state index >= 15 is 0 Å². The van der Waals surface area contributed by atoms with Gasteiger partial charge in [-0.3, -0.25) is 4.79 Å². The van der Waals surface area contributed by atoms with Gasteiger partial charge in [0.05, 0.1) is 0 Å². The molecule has 0 radical (unpaired) electrons. The van der Waals surface area contributed by atoms with Crippen LogP contribution in [0, 0.1) is 27.7 Å². The Bertz CT molecular complexity index is 944. The number of amides is 1. The third-order valence-electron chi connectivity index (χ3n) is 3.87. The standard InChI is InChI=1S/C22H23N3O3/c1-14-9-15(2)11-20(10-14)27-13-21(26)25-18-5-7-19(8-6-18)28-22-23-16(3)12-17(4)24-22/h5-12H,13H2,1-4H3,(H,25,26). The molecule has 0 atom stereocenters. The summed E-state index contributed by atoms with van der Waals surface area (Å²) in [7, 11) is 0. The van der Waals surface area contributed by atoms with Gasteiger partial charge in [-0.2, -0.15) is 0 Å². The maximum Gasteiger partial charge on any atom is 0.322 e. The van der Waals surface area contributed by atoms with Crippen LogP contribution in [0.4, 0.5) is 5.69 Å². The van der Waals surface area contributed by atoms with Crippen molar-refractivity contribution < 1.29 is 14.3 Å². The zero-order valence-electron chi connectivity index (χ0n) is 16.4. The average molecular weight is 377 g/mol. The van der Waals surface area contributed by atoms with E-state index in [4.69, 9.17) is 9.47 Å². The van der Waals surface area contributed by atoms with Crippen molar-refractivity contribution in [2.24, 2.45) is 0 Å². The molecule has 6 heteroatoms. The highest BCUT2D eigenvalue weighted by atomic mass is 16.5. The number of anilines is 1. The van der Waals surface area contributed by atoms with Crippen LogP contribution in [0.3, 0.4) is 0 Å². The molecule has 28 heavy (non-hydrogen) atoms. The summed E-state index contributed by atoms with van der Waals surface area (Å²) in [4.78, 5) is 20.6. The molecular weight excluding hydrogens is 354 g/mol. The number of rotatable bonds is 6. The van der Waals surface area contributed by atoms with E-state index in [2.05, 4.69) is 21.4 Å². The summed E-state index contributed by atoms with van der Waals surface area (Å²) in [5.41, 5.74) is 4.53. The normalized spacial score (nSPS) is 10.4. The number of aromatic nitrogens is 2. The second-order valence-corrected chi connectivity index (χ2v) is 6.72. The van der Waals surface area contributed by atoms with Crippen LogP contribution < -0.4 is 14.8 Å². The minimum atomic E-state index is -0.231. The molecule has 3 aromatic rings. The molecule has 0 fully saturated rings. The molecule has 2 aromatic carbocycles. The highest BCUT2D eigenvalue weighted by molar-refractivity contribution is 5.91. The van der Waals surface area contributed by atoms with Crippen LogP contribution in [0.1, 0.15) is 22.5 Å². The first kappa shape index (κ1) is 19.4. The van der Waals surface area contributed by atoms with Gasteiger partial charge in [-0.15, -0.1) is 0 Å². The Hall–Kier alpha value is -3.41. The van der Waals surface area contributed by atoms with E-state index in [0.717, 1.165) is 22.5 Å². The van der Waals surface area contributed by atoms with Crippen LogP contribution in [0.5, 0.6) is 17.5 Å². The number of ether oxygens (including phenoxy) is 2. The molecule has 0 aliphatic heterocycles. The molecule has 0 unspecified atom stereocenters. The molecule has 6 nitrogen and oxygen atoms in total. The Balaban J connectivity index is 1.55. The molecule has 0 saturated carbocycles. The molecule has 1 amide bonds. The number of carbonyl (C=O) groups excluding carboxylic acids is 1. The van der Waals surface area contributed by atoms with E-state index < -0.39 is 0 Å². The minimum absolute atomic E-state index is 0.0580. The zero-order chi connectivity index (χ0) is 20.1. The summed E-state index contributed by atoms with van der Waals surface area (Å²) in [5.74, 6) is 1.05. The molecule has 0 aliphatic rings. The Kier molecular flexibility index (Phi) is 5.89. The Morgan fingerprint density at radius 3 is 2.07 bits per heavy atom. The van der Waals surface area contributed by atoms with E-state index in [1.54, 1.807) is 24.3 Å². The van der Waals surface area contributed by atoms with Gasteiger partial charge in [-0.25, -0.2) is 9.97 Å². The number of benzene rings is 2. The van der Waals surface area contributed by atoms with Crippen molar-refractivity contribution in [3.05, 3.63) is 71.0 Å². The smallest absolute Gasteiger partial charge is 0.322 e. The second-order valence-electron chi connectivity index (χ2n) is 6.72. The van der Waals surface area contributed by atoms with Gasteiger partial charge < -0.3 is 14.8 Å². The molecular formula is C22H23N3O3. The fraction of sp³-hybridized carbons (Fsp3) is 0.227. The SMILES string of the molecule is Cc1cc(C)cc(OCC(=O)Nc2ccc(Oc3nc(C)cc(C)n3)cc2)c1. The van der Waals surface area contributed by atoms with Crippen LogP contribution in [-0.4, -0.2) is 22.5 Å². The number of nitrogens with one attached hydrogen (secondary N) is 1. The maximum atomic E-state index is 12.1. The predicted octanol–water partition coefficient (Wildman–Crippen LogP) is 4.52. The van der Waals surface area contributed by atoms with Crippen LogP contribution in [0.2, 0.25) is 0 Å². The predicted molar refractivity (Wildman–Crippen MR) is 108 cm³/mol. The molecule has 1 N–H and O–H groups in total. The first-order chi connectivity index (χ1) is 13.4. The third kappa shape index (κ3) is 5.54. The zero-order valence-corrected chi connectivity index (χ0v) is 16.4. The van der Waals surface area contributed by atoms with Crippen molar-refractivity contribution >= 4 is 11.6 Å². The van der Waals surface area contributed by atoms with Gasteiger partial charge in [0.1, 0.15) is 11.5 Å². The molecule has 144 valence electrons. The lowest BCUT2D eigenvalue weighted by Crippen LogP contribution is -2.20. The Morgan fingerprint density at radius 2 is 1.46 bits per heavy atom. The van der Waals surface area contributed by atoms with Gasteiger partial charge in [0.25, 0.3) is 5.91 Å². The van der Waals surface area contributed by atoms with Crippen molar-refractivity contribution in [1.29, 1.82) is 0 Å². The van der Waals surface area contributed by atoms with E-state index in [9.17, 15) is 4.79 Å². The Morgan fingerprint density at radius 1 is 0.857 bits per heavy atom. The van der Waals surface area contributed by atoms with Gasteiger partial charge in [-0.05, 0) is 81.3 Å². The number of hydrogen-bond acceptors (Lipinski definition) is 5. The van der Waals surface area contributed by atoms with Crippen molar-refractivity contribution in [2.75, 3.05) is 11.9 Å². The lowest BCUT2D eigenvalue weighted by atomic mass is 10.1. The molecule has 0 bridgehead atoms. The van der Waals surface area contributed by atoms with Crippen molar-refractivity contribution in [3.8, 4) is 17.5 Å². The topological polar surface area (TPSA) is 73.3 Å². The first-order valence-corrected chi connectivity index (χ1v) is 8.98. The van der Waals surface area contributed by atoms with Crippen LogP contribution in [0.15, 0.2) is 48.5 Å². The van der Waals surface area contributed by atoms with E-state index in [1.165, 1.54) is 0 Å². The Labute approximate surface area is 164 Å². The fourth-order valence-corrected chi connectivity index (χ4v) is 2.81. The van der Waals surface area contributed by atoms with Crippen molar-refractivity contribution in [2.45, 2.75) is 27.7 Å². The maximum absolute atomic E-state index is 12.1. The largest absolute Gasteiger partial charge is 0.484 e. The van der Waals surface area contributed by atoms with Crippen molar-refractivity contribution in [3.63, 3.8) is 0 Å². The summed E-state index contributed by atoms with van der Waals surface area (Å²) in [6.45, 7) is 7.71. The van der Waals surface area contributed by atoms with E-state index in [0.29, 0.717) is 23.2 Å². The van der Waals surface area contributed by atoms with Gasteiger partial charge >= 0.3 is 6.01 Å². The summed E-state index contributed by atoms with van der Waals surface area (Å²) in [6, 6.07) is 15.1. The fourth-order valence-electron chi connectivity index (χ4n) is 2.81. The lowest BCUT2D eigenvalue weighted by molar-refractivity contribution is -0.118. The molecule has 0 saturated heterocycles. The van der Waals surface area contributed by atoms with Gasteiger partial charge in [0.15, 0.2) is 6.61 Å². The first-order valence-electron chi connectivity index (χ1n) is 8.98. The number of aryl methyl sites for hydroxylation is 4. The lowest BCUT2D eigenvalue weighted by Gasteiger charge is -2.10. The summed E-state index contributed by atoms with van der Waals surface area (Å²) in [5, 5.41) is 2.80. The quantitative estimate of drug-likeness (QED) is 0.684. The number of nitrogens with zero attached hydrogens (tertiary/aromatic N) is 2. The second kappa shape index (κ2) is 8.52. The minimum Gasteiger partial charge on any atom is -0.484 e. The summed E-state index contributed by atoms with van der Waals surface area (Å²) < 4.78 is 11.2.